The maximum Gasteiger partial charge on any atom is 0.312 e. The molecule has 5 atom stereocenters. The summed E-state index contributed by atoms with van der Waals surface area (Å²) in [5.74, 6) is -1.06. The van der Waals surface area contributed by atoms with E-state index in [1.54, 1.807) is 7.11 Å². The molecule has 4 fully saturated rings. The van der Waals surface area contributed by atoms with Gasteiger partial charge in [0.1, 0.15) is 12.2 Å². The maximum absolute atomic E-state index is 11.7. The molecule has 0 spiro atoms. The molecule has 3 saturated heterocycles. The number of hydrogen-bond donors (Lipinski definition) is 0. The molecule has 0 amide bonds. The van der Waals surface area contributed by atoms with Crippen LogP contribution in [0.25, 0.3) is 0 Å². The van der Waals surface area contributed by atoms with Crippen molar-refractivity contribution in [1.82, 2.24) is 0 Å². The minimum absolute atomic E-state index is 0.0681. The second kappa shape index (κ2) is 3.18. The van der Waals surface area contributed by atoms with Gasteiger partial charge in [-0.3, -0.25) is 4.79 Å². The maximum atomic E-state index is 11.7. The smallest absolute Gasteiger partial charge is 0.312 e. The van der Waals surface area contributed by atoms with E-state index in [9.17, 15) is 4.79 Å². The molecule has 2 bridgehead atoms. The third-order valence-corrected chi connectivity index (χ3v) is 3.59. The minimum Gasteiger partial charge on any atom is -0.456 e. The molecule has 5 heteroatoms. The second-order valence-electron chi connectivity index (χ2n) is 5.08. The third-order valence-electron chi connectivity index (χ3n) is 3.59. The quantitative estimate of drug-likeness (QED) is 0.610. The molecule has 4 aliphatic rings. The topological polar surface area (TPSA) is 54.0 Å². The number of esters is 1. The molecule has 4 rings (SSSR count). The van der Waals surface area contributed by atoms with Gasteiger partial charge in [-0.2, -0.15) is 0 Å². The highest BCUT2D eigenvalue weighted by molar-refractivity contribution is 5.76. The highest BCUT2D eigenvalue weighted by atomic mass is 16.8. The number of methoxy groups -OCH3 is 1. The molecule has 90 valence electrons. The first-order valence-corrected chi connectivity index (χ1v) is 5.61. The number of ether oxygens (including phenoxy) is 4. The molecule has 0 N–H and O–H groups in total. The third kappa shape index (κ3) is 1.31. The van der Waals surface area contributed by atoms with Crippen LogP contribution < -0.4 is 0 Å². The number of carbonyl (C=O) groups excluding carboxylic acids is 1. The van der Waals surface area contributed by atoms with E-state index in [0.29, 0.717) is 6.42 Å². The Morgan fingerprint density at radius 2 is 1.94 bits per heavy atom. The fraction of sp³-hybridized carbons (Fsp3) is 0.909. The molecule has 3 heterocycles. The number of fused-ring (bicyclic) bond motifs is 2. The molecular formula is C11H16O5. The van der Waals surface area contributed by atoms with E-state index in [1.807, 2.05) is 13.8 Å². The molecule has 1 saturated carbocycles. The Kier molecular flexibility index (Phi) is 2.09. The number of hydrogen-bond acceptors (Lipinski definition) is 5. The zero-order valence-corrected chi connectivity index (χ0v) is 9.64. The Labute approximate surface area is 94.0 Å². The van der Waals surface area contributed by atoms with Gasteiger partial charge < -0.3 is 18.9 Å². The summed E-state index contributed by atoms with van der Waals surface area (Å²) in [5.41, 5.74) is 0. The SMILES string of the molecule is CO[C@H]1C[C@@H]2C(=O)O[C@H]1[C@H]1OC(C)(C)O[C@H]12. The van der Waals surface area contributed by atoms with Gasteiger partial charge in [-0.05, 0) is 20.3 Å². The van der Waals surface area contributed by atoms with E-state index in [-0.39, 0.29) is 36.3 Å². The van der Waals surface area contributed by atoms with Gasteiger partial charge in [0.2, 0.25) is 0 Å². The summed E-state index contributed by atoms with van der Waals surface area (Å²) in [7, 11) is 1.63. The molecule has 0 aromatic carbocycles. The van der Waals surface area contributed by atoms with Crippen molar-refractivity contribution in [2.24, 2.45) is 5.92 Å². The van der Waals surface area contributed by atoms with Gasteiger partial charge in [0, 0.05) is 7.11 Å². The zero-order chi connectivity index (χ0) is 11.5. The Morgan fingerprint density at radius 1 is 1.25 bits per heavy atom. The van der Waals surface area contributed by atoms with Crippen LogP contribution in [0.4, 0.5) is 0 Å². The molecular weight excluding hydrogens is 212 g/mol. The Morgan fingerprint density at radius 3 is 2.62 bits per heavy atom. The normalized spacial score (nSPS) is 48.9. The van der Waals surface area contributed by atoms with Gasteiger partial charge in [0.15, 0.2) is 11.9 Å². The van der Waals surface area contributed by atoms with Gasteiger partial charge in [-0.25, -0.2) is 0 Å². The standard InChI is InChI=1S/C11H16O5/c1-11(2)15-7-5-4-6(13-3)8(9(7)16-11)14-10(5)12/h5-9H,4H2,1-3H3/t5-,6-,7-,8+,9-/m0/s1. The van der Waals surface area contributed by atoms with Crippen molar-refractivity contribution in [3.05, 3.63) is 0 Å². The van der Waals surface area contributed by atoms with Crippen LogP contribution in [0.3, 0.4) is 0 Å². The van der Waals surface area contributed by atoms with E-state index < -0.39 is 5.79 Å². The van der Waals surface area contributed by atoms with Crippen LogP contribution in [0.1, 0.15) is 20.3 Å². The summed E-state index contributed by atoms with van der Waals surface area (Å²) >= 11 is 0. The first-order valence-electron chi connectivity index (χ1n) is 5.61. The lowest BCUT2D eigenvalue weighted by Gasteiger charge is -2.45. The van der Waals surface area contributed by atoms with Crippen LogP contribution in [-0.2, 0) is 23.7 Å². The monoisotopic (exact) mass is 228 g/mol. The Balaban J connectivity index is 1.91. The average molecular weight is 228 g/mol. The van der Waals surface area contributed by atoms with Crippen LogP contribution in [0.2, 0.25) is 0 Å². The second-order valence-corrected chi connectivity index (χ2v) is 5.08. The predicted molar refractivity (Wildman–Crippen MR) is 52.6 cm³/mol. The highest BCUT2D eigenvalue weighted by Gasteiger charge is 2.61. The summed E-state index contributed by atoms with van der Waals surface area (Å²) < 4.78 is 22.2. The molecule has 1 aliphatic carbocycles. The lowest BCUT2D eigenvalue weighted by Crippen LogP contribution is -2.62. The first kappa shape index (κ1) is 10.5. The van der Waals surface area contributed by atoms with E-state index in [1.165, 1.54) is 0 Å². The lowest BCUT2D eigenvalue weighted by atomic mass is 9.78. The van der Waals surface area contributed by atoms with Crippen molar-refractivity contribution in [3.63, 3.8) is 0 Å². The zero-order valence-electron chi connectivity index (χ0n) is 9.64. The minimum atomic E-state index is -0.636. The molecule has 5 nitrogen and oxygen atoms in total. The van der Waals surface area contributed by atoms with Gasteiger partial charge in [-0.1, -0.05) is 0 Å². The van der Waals surface area contributed by atoms with E-state index in [4.69, 9.17) is 18.9 Å². The summed E-state index contributed by atoms with van der Waals surface area (Å²) in [6.07, 6.45) is -0.0829. The van der Waals surface area contributed by atoms with Gasteiger partial charge in [-0.15, -0.1) is 0 Å². The van der Waals surface area contributed by atoms with Crippen molar-refractivity contribution in [2.45, 2.75) is 50.5 Å². The summed E-state index contributed by atoms with van der Waals surface area (Å²) in [4.78, 5) is 11.7. The van der Waals surface area contributed by atoms with Crippen LogP contribution in [0.15, 0.2) is 0 Å². The van der Waals surface area contributed by atoms with Crippen molar-refractivity contribution >= 4 is 5.97 Å². The molecule has 0 aromatic rings. The van der Waals surface area contributed by atoms with Gasteiger partial charge in [0.25, 0.3) is 0 Å². The summed E-state index contributed by atoms with van der Waals surface area (Å²) in [6, 6.07) is 0. The highest BCUT2D eigenvalue weighted by Crippen LogP contribution is 2.45. The summed E-state index contributed by atoms with van der Waals surface area (Å²) in [5, 5.41) is 0. The molecule has 0 radical (unpaired) electrons. The summed E-state index contributed by atoms with van der Waals surface area (Å²) in [6.45, 7) is 3.72. The van der Waals surface area contributed by atoms with Crippen LogP contribution in [0, 0.1) is 5.92 Å². The fourth-order valence-corrected chi connectivity index (χ4v) is 2.94. The van der Waals surface area contributed by atoms with Gasteiger partial charge >= 0.3 is 5.97 Å². The average Bonchev–Trinajstić information content (AvgIpc) is 2.54. The van der Waals surface area contributed by atoms with E-state index >= 15 is 0 Å². The Bertz CT molecular complexity index is 326. The van der Waals surface area contributed by atoms with Crippen LogP contribution in [-0.4, -0.2) is 43.3 Å². The van der Waals surface area contributed by atoms with Crippen molar-refractivity contribution in [2.75, 3.05) is 7.11 Å². The fourth-order valence-electron chi connectivity index (χ4n) is 2.94. The number of carbonyl (C=O) groups is 1. The number of rotatable bonds is 1. The molecule has 0 unspecified atom stereocenters. The predicted octanol–water partition coefficient (Wildman–Crippen LogP) is 0.467. The lowest BCUT2D eigenvalue weighted by molar-refractivity contribution is -0.215. The van der Waals surface area contributed by atoms with Crippen molar-refractivity contribution < 1.29 is 23.7 Å². The van der Waals surface area contributed by atoms with Crippen LogP contribution >= 0.6 is 0 Å². The molecule has 16 heavy (non-hydrogen) atoms. The molecule has 0 aromatic heterocycles. The van der Waals surface area contributed by atoms with Crippen LogP contribution in [0.5, 0.6) is 0 Å². The largest absolute Gasteiger partial charge is 0.456 e. The van der Waals surface area contributed by atoms with E-state index in [2.05, 4.69) is 0 Å². The van der Waals surface area contributed by atoms with Gasteiger partial charge in [0.05, 0.1) is 12.0 Å². The first-order chi connectivity index (χ1) is 7.52. The molecule has 3 aliphatic heterocycles. The Hall–Kier alpha value is -0.650. The van der Waals surface area contributed by atoms with E-state index in [0.717, 1.165) is 0 Å². The van der Waals surface area contributed by atoms with Crippen molar-refractivity contribution in [3.8, 4) is 0 Å². The van der Waals surface area contributed by atoms with Crippen molar-refractivity contribution in [1.29, 1.82) is 0 Å².